The van der Waals surface area contributed by atoms with E-state index in [4.69, 9.17) is 5.26 Å². The molecule has 3 nitrogen and oxygen atoms in total. The van der Waals surface area contributed by atoms with E-state index in [2.05, 4.69) is 5.32 Å². The van der Waals surface area contributed by atoms with Gasteiger partial charge in [-0.25, -0.2) is 4.39 Å². The van der Waals surface area contributed by atoms with Crippen molar-refractivity contribution in [3.63, 3.8) is 0 Å². The van der Waals surface area contributed by atoms with Crippen molar-refractivity contribution < 1.29 is 9.18 Å². The second-order valence-corrected chi connectivity index (χ2v) is 5.51. The lowest BCUT2D eigenvalue weighted by molar-refractivity contribution is 0.0875. The minimum Gasteiger partial charge on any atom is -0.311 e. The predicted molar refractivity (Wildman–Crippen MR) is 68.1 cm³/mol. The zero-order valence-corrected chi connectivity index (χ0v) is 10.5. The van der Waals surface area contributed by atoms with E-state index in [0.29, 0.717) is 17.6 Å². The van der Waals surface area contributed by atoms with Gasteiger partial charge in [-0.1, -0.05) is 0 Å². The number of piperidine rings is 1. The number of carbonyl (C=O) groups excluding carboxylic acids is 1. The topological polar surface area (TPSA) is 52.9 Å². The van der Waals surface area contributed by atoms with Gasteiger partial charge in [-0.3, -0.25) is 4.79 Å². The Morgan fingerprint density at radius 1 is 1.26 bits per heavy atom. The Labute approximate surface area is 111 Å². The maximum absolute atomic E-state index is 13.4. The van der Waals surface area contributed by atoms with Crippen LogP contribution in [-0.4, -0.2) is 17.9 Å². The maximum Gasteiger partial charge on any atom is 0.166 e. The third-order valence-electron chi connectivity index (χ3n) is 4.16. The molecule has 0 aromatic heterocycles. The number of carbonyl (C=O) groups is 1. The Kier molecular flexibility index (Phi) is 3.08. The fourth-order valence-corrected chi connectivity index (χ4v) is 3.30. The number of fused-ring (bicyclic) bond motifs is 2. The molecular weight excluding hydrogens is 243 g/mol. The van der Waals surface area contributed by atoms with Gasteiger partial charge >= 0.3 is 0 Å². The molecule has 2 fully saturated rings. The van der Waals surface area contributed by atoms with E-state index in [0.717, 1.165) is 31.7 Å². The second-order valence-electron chi connectivity index (χ2n) is 5.51. The van der Waals surface area contributed by atoms with Crippen molar-refractivity contribution >= 4 is 5.78 Å². The summed E-state index contributed by atoms with van der Waals surface area (Å²) in [5.74, 6) is -0.569. The molecule has 2 saturated heterocycles. The van der Waals surface area contributed by atoms with Crippen LogP contribution in [0.1, 0.15) is 41.6 Å². The van der Waals surface area contributed by atoms with Gasteiger partial charge in [0.2, 0.25) is 0 Å². The highest BCUT2D eigenvalue weighted by Gasteiger charge is 2.36. The van der Waals surface area contributed by atoms with Crippen molar-refractivity contribution in [2.75, 3.05) is 0 Å². The van der Waals surface area contributed by atoms with Gasteiger partial charge < -0.3 is 5.32 Å². The molecule has 0 aliphatic carbocycles. The number of nitrogens with one attached hydrogen (secondary N) is 1. The molecule has 2 aliphatic rings. The van der Waals surface area contributed by atoms with Crippen molar-refractivity contribution in [1.29, 1.82) is 5.26 Å². The molecule has 1 aromatic carbocycles. The first-order chi connectivity index (χ1) is 9.15. The molecule has 1 N–H and O–H groups in total. The van der Waals surface area contributed by atoms with Crippen LogP contribution >= 0.6 is 0 Å². The summed E-state index contributed by atoms with van der Waals surface area (Å²) in [5.41, 5.74) is 0.545. The summed E-state index contributed by atoms with van der Waals surface area (Å²) in [5, 5.41) is 12.3. The van der Waals surface area contributed by atoms with Crippen LogP contribution < -0.4 is 5.32 Å². The van der Waals surface area contributed by atoms with Gasteiger partial charge in [0.25, 0.3) is 0 Å². The van der Waals surface area contributed by atoms with Crippen LogP contribution in [0.3, 0.4) is 0 Å². The monoisotopic (exact) mass is 258 g/mol. The molecule has 2 bridgehead atoms. The lowest BCUT2D eigenvalue weighted by atomic mass is 9.85. The van der Waals surface area contributed by atoms with Gasteiger partial charge in [0, 0.05) is 23.6 Å². The van der Waals surface area contributed by atoms with E-state index in [9.17, 15) is 9.18 Å². The van der Waals surface area contributed by atoms with Gasteiger partial charge in [-0.15, -0.1) is 0 Å². The summed E-state index contributed by atoms with van der Waals surface area (Å²) >= 11 is 0. The zero-order valence-electron chi connectivity index (χ0n) is 10.5. The van der Waals surface area contributed by atoms with Crippen molar-refractivity contribution in [1.82, 2.24) is 5.32 Å². The summed E-state index contributed by atoms with van der Waals surface area (Å²) in [6, 6.07) is 6.64. The van der Waals surface area contributed by atoms with Crippen LogP contribution in [-0.2, 0) is 0 Å². The van der Waals surface area contributed by atoms with E-state index in [1.165, 1.54) is 12.1 Å². The van der Waals surface area contributed by atoms with E-state index >= 15 is 0 Å². The molecule has 4 heteroatoms. The SMILES string of the molecule is N#Cc1cc(F)cc(C(=O)C2CC3CCC(C2)N3)c1. The highest BCUT2D eigenvalue weighted by Crippen LogP contribution is 2.33. The van der Waals surface area contributed by atoms with Crippen molar-refractivity contribution in [3.8, 4) is 6.07 Å². The largest absolute Gasteiger partial charge is 0.311 e. The Morgan fingerprint density at radius 3 is 2.58 bits per heavy atom. The number of ketones is 1. The van der Waals surface area contributed by atoms with E-state index in [1.54, 1.807) is 0 Å². The summed E-state index contributed by atoms with van der Waals surface area (Å²) in [4.78, 5) is 12.4. The van der Waals surface area contributed by atoms with E-state index in [-0.39, 0.29) is 17.3 Å². The molecule has 98 valence electrons. The highest BCUT2D eigenvalue weighted by molar-refractivity contribution is 5.98. The van der Waals surface area contributed by atoms with Crippen LogP contribution in [0.25, 0.3) is 0 Å². The quantitative estimate of drug-likeness (QED) is 0.829. The first-order valence-corrected chi connectivity index (χ1v) is 6.66. The van der Waals surface area contributed by atoms with Crippen molar-refractivity contribution in [2.24, 2.45) is 5.92 Å². The van der Waals surface area contributed by atoms with Gasteiger partial charge in [0.05, 0.1) is 11.6 Å². The smallest absolute Gasteiger partial charge is 0.166 e. The average Bonchev–Trinajstić information content (AvgIpc) is 2.75. The Morgan fingerprint density at radius 2 is 1.95 bits per heavy atom. The molecule has 0 spiro atoms. The Hall–Kier alpha value is -1.73. The molecule has 19 heavy (non-hydrogen) atoms. The van der Waals surface area contributed by atoms with Gasteiger partial charge in [0.15, 0.2) is 5.78 Å². The van der Waals surface area contributed by atoms with Gasteiger partial charge in [-0.05, 0) is 43.9 Å². The number of nitriles is 1. The number of rotatable bonds is 2. The molecule has 0 saturated carbocycles. The number of hydrogen-bond acceptors (Lipinski definition) is 3. The van der Waals surface area contributed by atoms with Crippen molar-refractivity contribution in [3.05, 3.63) is 35.1 Å². The Balaban J connectivity index is 1.84. The zero-order chi connectivity index (χ0) is 13.4. The molecule has 2 atom stereocenters. The predicted octanol–water partition coefficient (Wildman–Crippen LogP) is 2.41. The van der Waals surface area contributed by atoms with E-state index < -0.39 is 5.82 Å². The number of Topliss-reactive ketones (excluding diaryl/α,β-unsaturated/α-hetero) is 1. The fraction of sp³-hybridized carbons (Fsp3) is 0.467. The molecule has 2 heterocycles. The first-order valence-electron chi connectivity index (χ1n) is 6.66. The van der Waals surface area contributed by atoms with E-state index in [1.807, 2.05) is 6.07 Å². The van der Waals surface area contributed by atoms with Crippen LogP contribution in [0, 0.1) is 23.1 Å². The number of hydrogen-bond donors (Lipinski definition) is 1. The standard InChI is InChI=1S/C15H15FN2O/c16-12-4-9(8-17)3-10(5-12)15(19)11-6-13-1-2-14(7-11)18-13/h3-5,11,13-14,18H,1-2,6-7H2. The van der Waals surface area contributed by atoms with Gasteiger partial charge in [0.1, 0.15) is 5.82 Å². The maximum atomic E-state index is 13.4. The average molecular weight is 258 g/mol. The third-order valence-corrected chi connectivity index (χ3v) is 4.16. The lowest BCUT2D eigenvalue weighted by Crippen LogP contribution is -2.40. The molecular formula is C15H15FN2O. The normalized spacial score (nSPS) is 28.9. The summed E-state index contributed by atoms with van der Waals surface area (Å²) in [7, 11) is 0. The number of nitrogens with zero attached hydrogens (tertiary/aromatic N) is 1. The molecule has 3 rings (SSSR count). The number of halogens is 1. The minimum atomic E-state index is -0.515. The summed E-state index contributed by atoms with van der Waals surface area (Å²) in [6.07, 6.45) is 3.91. The molecule has 2 unspecified atom stereocenters. The molecule has 0 radical (unpaired) electrons. The van der Waals surface area contributed by atoms with Crippen LogP contribution in [0.15, 0.2) is 18.2 Å². The number of benzene rings is 1. The molecule has 2 aliphatic heterocycles. The summed E-state index contributed by atoms with van der Waals surface area (Å²) in [6.45, 7) is 0. The van der Waals surface area contributed by atoms with Crippen molar-refractivity contribution in [2.45, 2.75) is 37.8 Å². The lowest BCUT2D eigenvalue weighted by Gasteiger charge is -2.28. The summed E-state index contributed by atoms with van der Waals surface area (Å²) < 4.78 is 13.4. The fourth-order valence-electron chi connectivity index (χ4n) is 3.30. The van der Waals surface area contributed by atoms with Crippen LogP contribution in [0.4, 0.5) is 4.39 Å². The first kappa shape index (κ1) is 12.3. The highest BCUT2D eigenvalue weighted by atomic mass is 19.1. The Bertz CT molecular complexity index is 552. The minimum absolute atomic E-state index is 0.0191. The van der Waals surface area contributed by atoms with Gasteiger partial charge in [-0.2, -0.15) is 5.26 Å². The third kappa shape index (κ3) is 2.39. The molecule has 0 amide bonds. The molecule has 1 aromatic rings. The second kappa shape index (κ2) is 4.75. The van der Waals surface area contributed by atoms with Crippen LogP contribution in [0.2, 0.25) is 0 Å². The van der Waals surface area contributed by atoms with Crippen LogP contribution in [0.5, 0.6) is 0 Å².